The maximum atomic E-state index is 14.2. The van der Waals surface area contributed by atoms with E-state index in [2.05, 4.69) is 5.32 Å². The largest absolute Gasteiger partial charge is 0.486 e. The van der Waals surface area contributed by atoms with E-state index in [4.69, 9.17) is 32.7 Å². The smallest absolute Gasteiger partial charge is 0.264 e. The van der Waals surface area contributed by atoms with Gasteiger partial charge in [0.15, 0.2) is 11.5 Å². The number of carbonyl (C=O) groups excluding carboxylic acids is 2. The fourth-order valence-corrected chi connectivity index (χ4v) is 6.30. The highest BCUT2D eigenvalue weighted by Crippen LogP contribution is 2.36. The van der Waals surface area contributed by atoms with Gasteiger partial charge in [0.25, 0.3) is 10.0 Å². The molecule has 0 unspecified atom stereocenters. The lowest BCUT2D eigenvalue weighted by Gasteiger charge is -2.33. The van der Waals surface area contributed by atoms with Gasteiger partial charge >= 0.3 is 0 Å². The Kier molecular flexibility index (Phi) is 10.6. The van der Waals surface area contributed by atoms with Gasteiger partial charge in [-0.05, 0) is 54.8 Å². The van der Waals surface area contributed by atoms with Gasteiger partial charge < -0.3 is 19.7 Å². The third-order valence-corrected chi connectivity index (χ3v) is 9.22. The van der Waals surface area contributed by atoms with Crippen molar-refractivity contribution in [1.82, 2.24) is 10.2 Å². The van der Waals surface area contributed by atoms with Crippen molar-refractivity contribution in [2.75, 3.05) is 30.6 Å². The van der Waals surface area contributed by atoms with Gasteiger partial charge in [0.1, 0.15) is 25.8 Å². The van der Waals surface area contributed by atoms with E-state index in [0.29, 0.717) is 53.3 Å². The first-order chi connectivity index (χ1) is 20.1. The number of ether oxygens (including phenoxy) is 2. The Balaban J connectivity index is 1.75. The van der Waals surface area contributed by atoms with Crippen molar-refractivity contribution in [2.45, 2.75) is 44.2 Å². The average Bonchev–Trinajstić information content (AvgIpc) is 3.00. The number of amides is 2. The molecule has 12 heteroatoms. The summed E-state index contributed by atoms with van der Waals surface area (Å²) in [7, 11) is -4.21. The lowest BCUT2D eigenvalue weighted by molar-refractivity contribution is -0.140. The summed E-state index contributed by atoms with van der Waals surface area (Å²) in [5.74, 6) is -0.0516. The molecule has 3 aromatic carbocycles. The molecule has 0 radical (unpaired) electrons. The normalized spacial score (nSPS) is 13.2. The van der Waals surface area contributed by atoms with Crippen LogP contribution in [0, 0.1) is 0 Å². The molecule has 0 saturated carbocycles. The number of nitrogens with zero attached hydrogens (tertiary/aromatic N) is 2. The summed E-state index contributed by atoms with van der Waals surface area (Å²) < 4.78 is 40.3. The molecular formula is C30H33Cl2N3O6S. The van der Waals surface area contributed by atoms with Crippen LogP contribution in [0.15, 0.2) is 71.6 Å². The number of sulfonamides is 1. The molecule has 1 atom stereocenters. The summed E-state index contributed by atoms with van der Waals surface area (Å²) in [6, 6.07) is 16.7. The number of nitrogens with one attached hydrogen (secondary N) is 1. The Morgan fingerprint density at radius 3 is 2.31 bits per heavy atom. The zero-order valence-corrected chi connectivity index (χ0v) is 25.7. The molecule has 0 saturated heterocycles. The first kappa shape index (κ1) is 31.5. The van der Waals surface area contributed by atoms with Gasteiger partial charge in [0.05, 0.1) is 20.6 Å². The van der Waals surface area contributed by atoms with Gasteiger partial charge in [-0.2, -0.15) is 0 Å². The monoisotopic (exact) mass is 633 g/mol. The number of anilines is 1. The lowest BCUT2D eigenvalue weighted by atomic mass is 10.1. The fourth-order valence-electron chi connectivity index (χ4n) is 4.56. The summed E-state index contributed by atoms with van der Waals surface area (Å²) in [6.07, 6.45) is 1.02. The lowest BCUT2D eigenvalue weighted by Crippen LogP contribution is -2.52. The number of benzene rings is 3. The van der Waals surface area contributed by atoms with E-state index in [9.17, 15) is 18.0 Å². The number of carbonyl (C=O) groups is 2. The van der Waals surface area contributed by atoms with E-state index >= 15 is 0 Å². The molecule has 42 heavy (non-hydrogen) atoms. The van der Waals surface area contributed by atoms with Gasteiger partial charge in [0.2, 0.25) is 11.8 Å². The van der Waals surface area contributed by atoms with E-state index in [1.165, 1.54) is 23.1 Å². The van der Waals surface area contributed by atoms with Crippen LogP contribution in [0.3, 0.4) is 0 Å². The zero-order valence-electron chi connectivity index (χ0n) is 23.4. The Morgan fingerprint density at radius 2 is 1.64 bits per heavy atom. The standard InChI is InChI=1S/C30H33Cl2N3O6S/c1-3-14-33-30(37)26(4-2)34(19-21-10-12-24(31)25(32)17-21)29(36)20-35(42(38,39)23-8-6-5-7-9-23)22-11-13-27-28(18-22)41-16-15-40-27/h5-13,17-18,26H,3-4,14-16,19-20H2,1-2H3,(H,33,37)/t26-/m1/s1. The van der Waals surface area contributed by atoms with Crippen molar-refractivity contribution in [1.29, 1.82) is 0 Å². The second-order valence-electron chi connectivity index (χ2n) is 9.64. The summed E-state index contributed by atoms with van der Waals surface area (Å²) >= 11 is 12.4. The molecule has 1 heterocycles. The Morgan fingerprint density at radius 1 is 0.929 bits per heavy atom. The van der Waals surface area contributed by atoms with Crippen molar-refractivity contribution in [2.24, 2.45) is 0 Å². The highest BCUT2D eigenvalue weighted by Gasteiger charge is 2.34. The van der Waals surface area contributed by atoms with Crippen LogP contribution in [0.25, 0.3) is 0 Å². The van der Waals surface area contributed by atoms with E-state index in [1.54, 1.807) is 55.5 Å². The highest BCUT2D eigenvalue weighted by atomic mass is 35.5. The van der Waals surface area contributed by atoms with Gasteiger partial charge in [-0.25, -0.2) is 8.42 Å². The molecule has 1 aliphatic rings. The molecule has 0 bridgehead atoms. The van der Waals surface area contributed by atoms with Crippen molar-refractivity contribution in [3.63, 3.8) is 0 Å². The van der Waals surface area contributed by atoms with Crippen LogP contribution in [0.2, 0.25) is 10.0 Å². The van der Waals surface area contributed by atoms with Crippen molar-refractivity contribution < 1.29 is 27.5 Å². The number of fused-ring (bicyclic) bond motifs is 1. The predicted octanol–water partition coefficient (Wildman–Crippen LogP) is 5.29. The second-order valence-corrected chi connectivity index (χ2v) is 12.3. The molecule has 3 aromatic rings. The number of rotatable bonds is 12. The molecule has 0 spiro atoms. The maximum absolute atomic E-state index is 14.2. The second kappa shape index (κ2) is 14.1. The van der Waals surface area contributed by atoms with E-state index in [-0.39, 0.29) is 23.0 Å². The molecule has 0 fully saturated rings. The molecule has 224 valence electrons. The van der Waals surface area contributed by atoms with Crippen LogP contribution in [-0.2, 0) is 26.2 Å². The van der Waals surface area contributed by atoms with E-state index in [1.807, 2.05) is 6.92 Å². The first-order valence-corrected chi connectivity index (χ1v) is 15.8. The number of hydrogen-bond acceptors (Lipinski definition) is 6. The van der Waals surface area contributed by atoms with Gasteiger partial charge in [-0.3, -0.25) is 13.9 Å². The predicted molar refractivity (Wildman–Crippen MR) is 163 cm³/mol. The summed E-state index contributed by atoms with van der Waals surface area (Å²) in [5, 5.41) is 3.51. The van der Waals surface area contributed by atoms with E-state index < -0.39 is 28.5 Å². The van der Waals surface area contributed by atoms with E-state index in [0.717, 1.165) is 10.7 Å². The Labute approximate surface area is 256 Å². The van der Waals surface area contributed by atoms with Crippen LogP contribution in [-0.4, -0.2) is 57.5 Å². The molecule has 4 rings (SSSR count). The van der Waals surface area contributed by atoms with Gasteiger partial charge in [0, 0.05) is 19.2 Å². The summed E-state index contributed by atoms with van der Waals surface area (Å²) in [6.45, 7) is 4.28. The Hall–Kier alpha value is -3.47. The minimum Gasteiger partial charge on any atom is -0.486 e. The van der Waals surface area contributed by atoms with Crippen LogP contribution in [0.5, 0.6) is 11.5 Å². The molecule has 0 aromatic heterocycles. The van der Waals surface area contributed by atoms with Crippen LogP contribution in [0.1, 0.15) is 32.3 Å². The number of hydrogen-bond donors (Lipinski definition) is 1. The molecular weight excluding hydrogens is 601 g/mol. The topological polar surface area (TPSA) is 105 Å². The molecule has 9 nitrogen and oxygen atoms in total. The summed E-state index contributed by atoms with van der Waals surface area (Å²) in [5.41, 5.74) is 0.853. The Bertz CT molecular complexity index is 1520. The molecule has 1 aliphatic heterocycles. The summed E-state index contributed by atoms with van der Waals surface area (Å²) in [4.78, 5) is 28.8. The molecule has 0 aliphatic carbocycles. The molecule has 1 N–H and O–H groups in total. The van der Waals surface area contributed by atoms with Crippen LogP contribution >= 0.6 is 23.2 Å². The highest BCUT2D eigenvalue weighted by molar-refractivity contribution is 7.92. The van der Waals surface area contributed by atoms with Crippen molar-refractivity contribution >= 4 is 50.7 Å². The SMILES string of the molecule is CCCNC(=O)[C@@H](CC)N(Cc1ccc(Cl)c(Cl)c1)C(=O)CN(c1ccc2c(c1)OCCO2)S(=O)(=O)c1ccccc1. The van der Waals surface area contributed by atoms with Crippen molar-refractivity contribution in [3.8, 4) is 11.5 Å². The van der Waals surface area contributed by atoms with Gasteiger partial charge in [-0.15, -0.1) is 0 Å². The minimum atomic E-state index is -4.21. The number of halogens is 2. The quantitative estimate of drug-likeness (QED) is 0.290. The third-order valence-electron chi connectivity index (χ3n) is 6.70. The average molecular weight is 635 g/mol. The van der Waals surface area contributed by atoms with Crippen LogP contribution < -0.4 is 19.1 Å². The fraction of sp³-hybridized carbons (Fsp3) is 0.333. The zero-order chi connectivity index (χ0) is 30.3. The minimum absolute atomic E-state index is 0.00807. The maximum Gasteiger partial charge on any atom is 0.264 e. The third kappa shape index (κ3) is 7.29. The first-order valence-electron chi connectivity index (χ1n) is 13.6. The van der Waals surface area contributed by atoms with Gasteiger partial charge in [-0.1, -0.05) is 61.3 Å². The van der Waals surface area contributed by atoms with Crippen LogP contribution in [0.4, 0.5) is 5.69 Å². The molecule has 2 amide bonds. The van der Waals surface area contributed by atoms with Crippen molar-refractivity contribution in [3.05, 3.63) is 82.3 Å².